The van der Waals surface area contributed by atoms with E-state index in [1.165, 1.54) is 0 Å². The Morgan fingerprint density at radius 2 is 1.63 bits per heavy atom. The van der Waals surface area contributed by atoms with Crippen molar-refractivity contribution in [1.29, 1.82) is 0 Å². The van der Waals surface area contributed by atoms with Gasteiger partial charge in [0.15, 0.2) is 5.82 Å². The van der Waals surface area contributed by atoms with E-state index in [0.717, 1.165) is 22.3 Å². The lowest BCUT2D eigenvalue weighted by molar-refractivity contribution is 0.185. The number of piperazine rings is 1. The SMILES string of the molecule is CC(C)(C)NC(=O)N1CCN(c2nc(-c3ccccc3Cl)nc3ccccc23)CC1. The molecule has 1 fully saturated rings. The molecule has 0 aliphatic carbocycles. The first-order chi connectivity index (χ1) is 14.3. The van der Waals surface area contributed by atoms with Crippen LogP contribution in [0.2, 0.25) is 5.02 Å². The third-order valence-electron chi connectivity index (χ3n) is 5.05. The molecule has 156 valence electrons. The molecule has 6 nitrogen and oxygen atoms in total. The van der Waals surface area contributed by atoms with Crippen molar-refractivity contribution in [3.05, 3.63) is 53.6 Å². The van der Waals surface area contributed by atoms with Gasteiger partial charge in [-0.05, 0) is 45.0 Å². The summed E-state index contributed by atoms with van der Waals surface area (Å²) in [7, 11) is 0. The normalized spacial score (nSPS) is 14.8. The summed E-state index contributed by atoms with van der Waals surface area (Å²) in [6, 6.07) is 15.6. The van der Waals surface area contributed by atoms with Crippen LogP contribution in [0.3, 0.4) is 0 Å². The molecule has 2 amide bonds. The Hall–Kier alpha value is -2.86. The number of fused-ring (bicyclic) bond motifs is 1. The number of hydrogen-bond donors (Lipinski definition) is 1. The zero-order valence-electron chi connectivity index (χ0n) is 17.5. The van der Waals surface area contributed by atoms with Crippen molar-refractivity contribution in [3.63, 3.8) is 0 Å². The van der Waals surface area contributed by atoms with E-state index in [1.54, 1.807) is 0 Å². The van der Waals surface area contributed by atoms with Gasteiger partial charge in [0.2, 0.25) is 0 Å². The zero-order valence-corrected chi connectivity index (χ0v) is 18.3. The van der Waals surface area contributed by atoms with Crippen LogP contribution in [-0.4, -0.2) is 52.6 Å². The lowest BCUT2D eigenvalue weighted by atomic mass is 10.1. The molecule has 0 spiro atoms. The zero-order chi connectivity index (χ0) is 21.3. The van der Waals surface area contributed by atoms with Crippen molar-refractivity contribution in [3.8, 4) is 11.4 Å². The van der Waals surface area contributed by atoms with Gasteiger partial charge in [-0.15, -0.1) is 0 Å². The largest absolute Gasteiger partial charge is 0.352 e. The van der Waals surface area contributed by atoms with Crippen LogP contribution in [0.25, 0.3) is 22.3 Å². The minimum Gasteiger partial charge on any atom is -0.352 e. The molecular weight excluding hydrogens is 398 g/mol. The van der Waals surface area contributed by atoms with E-state index >= 15 is 0 Å². The maximum absolute atomic E-state index is 12.5. The third kappa shape index (κ3) is 4.33. The minimum absolute atomic E-state index is 0.0218. The fraction of sp³-hybridized carbons (Fsp3) is 0.348. The van der Waals surface area contributed by atoms with E-state index in [-0.39, 0.29) is 11.6 Å². The Labute approximate surface area is 181 Å². The first kappa shape index (κ1) is 20.4. The molecule has 1 aliphatic heterocycles. The van der Waals surface area contributed by atoms with Gasteiger partial charge in [-0.2, -0.15) is 0 Å². The topological polar surface area (TPSA) is 61.4 Å². The molecule has 0 radical (unpaired) electrons. The van der Waals surface area contributed by atoms with Crippen molar-refractivity contribution < 1.29 is 4.79 Å². The molecule has 30 heavy (non-hydrogen) atoms. The lowest BCUT2D eigenvalue weighted by Crippen LogP contribution is -2.55. The number of halogens is 1. The van der Waals surface area contributed by atoms with Crippen LogP contribution in [0, 0.1) is 0 Å². The first-order valence-corrected chi connectivity index (χ1v) is 10.5. The Kier molecular flexibility index (Phi) is 5.52. The molecule has 3 aromatic rings. The highest BCUT2D eigenvalue weighted by atomic mass is 35.5. The van der Waals surface area contributed by atoms with E-state index < -0.39 is 0 Å². The smallest absolute Gasteiger partial charge is 0.317 e. The molecule has 1 N–H and O–H groups in total. The number of nitrogens with one attached hydrogen (secondary N) is 1. The number of hydrogen-bond acceptors (Lipinski definition) is 4. The first-order valence-electron chi connectivity index (χ1n) is 10.2. The second-order valence-electron chi connectivity index (χ2n) is 8.52. The number of para-hydroxylation sites is 1. The van der Waals surface area contributed by atoms with E-state index in [1.807, 2.05) is 74.2 Å². The molecule has 1 aromatic heterocycles. The third-order valence-corrected chi connectivity index (χ3v) is 5.38. The van der Waals surface area contributed by atoms with Gasteiger partial charge in [-0.25, -0.2) is 14.8 Å². The Morgan fingerprint density at radius 1 is 0.967 bits per heavy atom. The van der Waals surface area contributed by atoms with Gasteiger partial charge in [-0.1, -0.05) is 35.9 Å². The Bertz CT molecular complexity index is 1070. The average Bonchev–Trinajstić information content (AvgIpc) is 2.72. The van der Waals surface area contributed by atoms with Gasteiger partial charge >= 0.3 is 6.03 Å². The predicted octanol–water partition coefficient (Wildman–Crippen LogP) is 4.58. The van der Waals surface area contributed by atoms with Gasteiger partial charge in [0.1, 0.15) is 5.82 Å². The standard InChI is InChI=1S/C23H26ClN5O/c1-23(2,3)27-22(30)29-14-12-28(13-15-29)21-17-9-5-7-11-19(17)25-20(26-21)16-8-4-6-10-18(16)24/h4-11H,12-15H2,1-3H3,(H,27,30). The second-order valence-corrected chi connectivity index (χ2v) is 8.93. The van der Waals surface area contributed by atoms with Crippen molar-refractivity contribution in [2.45, 2.75) is 26.3 Å². The van der Waals surface area contributed by atoms with Gasteiger partial charge < -0.3 is 15.1 Å². The molecule has 1 saturated heterocycles. The molecule has 2 aromatic carbocycles. The summed E-state index contributed by atoms with van der Waals surface area (Å²) in [5.41, 5.74) is 1.45. The average molecular weight is 424 g/mol. The van der Waals surface area contributed by atoms with Crippen LogP contribution in [0.4, 0.5) is 10.6 Å². The fourth-order valence-corrected chi connectivity index (χ4v) is 3.81. The summed E-state index contributed by atoms with van der Waals surface area (Å²) in [4.78, 5) is 26.2. The van der Waals surface area contributed by atoms with Crippen LogP contribution in [0.15, 0.2) is 48.5 Å². The van der Waals surface area contributed by atoms with Gasteiger partial charge in [0.25, 0.3) is 0 Å². The highest BCUT2D eigenvalue weighted by Crippen LogP contribution is 2.31. The Morgan fingerprint density at radius 3 is 2.33 bits per heavy atom. The molecule has 7 heteroatoms. The quantitative estimate of drug-likeness (QED) is 0.655. The molecule has 4 rings (SSSR count). The number of carbonyl (C=O) groups is 1. The molecule has 1 aliphatic rings. The number of nitrogens with zero attached hydrogens (tertiary/aromatic N) is 4. The summed E-state index contributed by atoms with van der Waals surface area (Å²) < 4.78 is 0. The Balaban J connectivity index is 1.63. The van der Waals surface area contributed by atoms with Crippen molar-refractivity contribution in [2.24, 2.45) is 0 Å². The number of urea groups is 1. The van der Waals surface area contributed by atoms with Crippen molar-refractivity contribution in [1.82, 2.24) is 20.2 Å². The molecular formula is C23H26ClN5O. The fourth-order valence-electron chi connectivity index (χ4n) is 3.59. The van der Waals surface area contributed by atoms with Crippen molar-refractivity contribution in [2.75, 3.05) is 31.1 Å². The van der Waals surface area contributed by atoms with E-state index in [0.29, 0.717) is 37.0 Å². The van der Waals surface area contributed by atoms with Crippen LogP contribution >= 0.6 is 11.6 Å². The monoisotopic (exact) mass is 423 g/mol. The summed E-state index contributed by atoms with van der Waals surface area (Å²) in [5, 5.41) is 4.67. The molecule has 0 saturated carbocycles. The van der Waals surface area contributed by atoms with Crippen molar-refractivity contribution >= 4 is 34.4 Å². The highest BCUT2D eigenvalue weighted by Gasteiger charge is 2.26. The highest BCUT2D eigenvalue weighted by molar-refractivity contribution is 6.33. The van der Waals surface area contributed by atoms with E-state index in [4.69, 9.17) is 21.6 Å². The maximum atomic E-state index is 12.5. The van der Waals surface area contributed by atoms with Gasteiger partial charge in [0.05, 0.1) is 10.5 Å². The van der Waals surface area contributed by atoms with Gasteiger partial charge in [0, 0.05) is 42.7 Å². The second kappa shape index (κ2) is 8.11. The van der Waals surface area contributed by atoms with E-state index in [9.17, 15) is 4.79 Å². The van der Waals surface area contributed by atoms with E-state index in [2.05, 4.69) is 10.2 Å². The van der Waals surface area contributed by atoms with Crippen LogP contribution in [0.1, 0.15) is 20.8 Å². The number of aromatic nitrogens is 2. The summed E-state index contributed by atoms with van der Waals surface area (Å²) >= 11 is 6.41. The summed E-state index contributed by atoms with van der Waals surface area (Å²) in [5.74, 6) is 1.49. The summed E-state index contributed by atoms with van der Waals surface area (Å²) in [6.45, 7) is 8.67. The van der Waals surface area contributed by atoms with Crippen LogP contribution in [-0.2, 0) is 0 Å². The van der Waals surface area contributed by atoms with Crippen LogP contribution in [0.5, 0.6) is 0 Å². The molecule has 0 unspecified atom stereocenters. The minimum atomic E-state index is -0.249. The number of anilines is 1. The van der Waals surface area contributed by atoms with Crippen LogP contribution < -0.4 is 10.2 Å². The maximum Gasteiger partial charge on any atom is 0.317 e. The molecule has 0 bridgehead atoms. The predicted molar refractivity (Wildman–Crippen MR) is 122 cm³/mol. The van der Waals surface area contributed by atoms with Gasteiger partial charge in [-0.3, -0.25) is 0 Å². The number of amides is 2. The molecule has 0 atom stereocenters. The molecule has 2 heterocycles. The summed E-state index contributed by atoms with van der Waals surface area (Å²) in [6.07, 6.45) is 0. The number of benzene rings is 2. The number of rotatable bonds is 2. The number of carbonyl (C=O) groups excluding carboxylic acids is 1. The lowest BCUT2D eigenvalue weighted by Gasteiger charge is -2.37.